The Labute approximate surface area is 89.1 Å². The lowest BCUT2D eigenvalue weighted by Crippen LogP contribution is -2.42. The van der Waals surface area contributed by atoms with Crippen LogP contribution in [0.15, 0.2) is 30.5 Å². The molecule has 1 saturated heterocycles. The number of benzene rings is 1. The number of rotatable bonds is 3. The lowest BCUT2D eigenvalue weighted by atomic mass is 10.00. The third-order valence-electron chi connectivity index (χ3n) is 3.17. The molecular formula is C12H15N3. The maximum Gasteiger partial charge on any atom is 0.0682 e. The summed E-state index contributed by atoms with van der Waals surface area (Å²) in [4.78, 5) is 0. The molecule has 2 aromatic rings. The van der Waals surface area contributed by atoms with E-state index in [9.17, 15) is 0 Å². The Morgan fingerprint density at radius 1 is 1.33 bits per heavy atom. The van der Waals surface area contributed by atoms with Crippen molar-refractivity contribution in [1.29, 1.82) is 0 Å². The molecule has 1 aromatic heterocycles. The topological polar surface area (TPSA) is 29.9 Å². The van der Waals surface area contributed by atoms with Gasteiger partial charge in [0.15, 0.2) is 0 Å². The van der Waals surface area contributed by atoms with E-state index in [-0.39, 0.29) is 0 Å². The van der Waals surface area contributed by atoms with Crippen LogP contribution in [0.2, 0.25) is 0 Å². The molecule has 1 N–H and O–H groups in total. The minimum Gasteiger partial charge on any atom is -0.316 e. The molecule has 0 saturated carbocycles. The summed E-state index contributed by atoms with van der Waals surface area (Å²) in [5, 5.41) is 8.96. The first kappa shape index (κ1) is 8.92. The molecular weight excluding hydrogens is 186 g/mol. The van der Waals surface area contributed by atoms with Gasteiger partial charge in [0.1, 0.15) is 0 Å². The van der Waals surface area contributed by atoms with Gasteiger partial charge in [-0.05, 0) is 31.5 Å². The number of hydrogen-bond acceptors (Lipinski definition) is 2. The van der Waals surface area contributed by atoms with Crippen LogP contribution in [0.5, 0.6) is 0 Å². The van der Waals surface area contributed by atoms with E-state index in [1.165, 1.54) is 30.4 Å². The van der Waals surface area contributed by atoms with Crippen LogP contribution >= 0.6 is 0 Å². The summed E-state index contributed by atoms with van der Waals surface area (Å²) in [5.41, 5.74) is 1.25. The average molecular weight is 201 g/mol. The van der Waals surface area contributed by atoms with Crippen molar-refractivity contribution in [3.05, 3.63) is 30.5 Å². The molecule has 78 valence electrons. The highest BCUT2D eigenvalue weighted by atomic mass is 15.3. The van der Waals surface area contributed by atoms with Crippen molar-refractivity contribution in [1.82, 2.24) is 15.1 Å². The molecule has 0 bridgehead atoms. The van der Waals surface area contributed by atoms with Crippen LogP contribution in [-0.2, 0) is 6.54 Å². The molecule has 0 atom stereocenters. The van der Waals surface area contributed by atoms with E-state index >= 15 is 0 Å². The van der Waals surface area contributed by atoms with E-state index in [0.717, 1.165) is 12.5 Å². The van der Waals surface area contributed by atoms with Gasteiger partial charge in [0, 0.05) is 11.9 Å². The Kier molecular flexibility index (Phi) is 2.18. The molecule has 2 heterocycles. The number of fused-ring (bicyclic) bond motifs is 1. The van der Waals surface area contributed by atoms with E-state index in [0.29, 0.717) is 0 Å². The monoisotopic (exact) mass is 201 g/mol. The standard InChI is InChI=1S/C12H15N3/c1-2-4-12-11(3-1)9-14-15(12)6-5-10-7-13-8-10/h1-4,9-10,13H,5-8H2. The van der Waals surface area contributed by atoms with Gasteiger partial charge in [0.05, 0.1) is 11.7 Å². The Balaban J connectivity index is 1.78. The second-order valence-corrected chi connectivity index (χ2v) is 4.24. The Morgan fingerprint density at radius 2 is 2.20 bits per heavy atom. The Bertz CT molecular complexity index is 457. The summed E-state index contributed by atoms with van der Waals surface area (Å²) in [6.45, 7) is 3.40. The smallest absolute Gasteiger partial charge is 0.0682 e. The fourth-order valence-corrected chi connectivity index (χ4v) is 2.06. The van der Waals surface area contributed by atoms with Crippen LogP contribution < -0.4 is 5.32 Å². The lowest BCUT2D eigenvalue weighted by Gasteiger charge is -2.26. The Hall–Kier alpha value is -1.35. The minimum absolute atomic E-state index is 0.855. The van der Waals surface area contributed by atoms with Crippen molar-refractivity contribution in [2.45, 2.75) is 13.0 Å². The number of nitrogens with zero attached hydrogens (tertiary/aromatic N) is 2. The number of aromatic nitrogens is 2. The maximum atomic E-state index is 4.42. The zero-order chi connectivity index (χ0) is 10.1. The number of aryl methyl sites for hydroxylation is 1. The molecule has 3 rings (SSSR count). The van der Waals surface area contributed by atoms with Gasteiger partial charge >= 0.3 is 0 Å². The molecule has 0 radical (unpaired) electrons. The van der Waals surface area contributed by atoms with Gasteiger partial charge in [0.2, 0.25) is 0 Å². The molecule has 3 heteroatoms. The van der Waals surface area contributed by atoms with Gasteiger partial charge in [0.25, 0.3) is 0 Å². The molecule has 1 aromatic carbocycles. The third-order valence-corrected chi connectivity index (χ3v) is 3.17. The zero-order valence-electron chi connectivity index (χ0n) is 8.69. The van der Waals surface area contributed by atoms with Gasteiger partial charge in [-0.25, -0.2) is 0 Å². The van der Waals surface area contributed by atoms with Crippen LogP contribution in [0, 0.1) is 5.92 Å². The van der Waals surface area contributed by atoms with Crippen LogP contribution in [0.1, 0.15) is 6.42 Å². The molecule has 0 spiro atoms. The highest BCUT2D eigenvalue weighted by molar-refractivity contribution is 5.78. The number of nitrogens with one attached hydrogen (secondary N) is 1. The van der Waals surface area contributed by atoms with E-state index in [2.05, 4.69) is 39.4 Å². The van der Waals surface area contributed by atoms with Crippen LogP contribution in [0.3, 0.4) is 0 Å². The highest BCUT2D eigenvalue weighted by Crippen LogP contribution is 2.15. The first-order valence-electron chi connectivity index (χ1n) is 5.55. The lowest BCUT2D eigenvalue weighted by molar-refractivity contribution is 0.308. The van der Waals surface area contributed by atoms with E-state index < -0.39 is 0 Å². The van der Waals surface area contributed by atoms with Gasteiger partial charge < -0.3 is 5.32 Å². The SMILES string of the molecule is c1ccc2c(c1)cnn2CCC1CNC1. The van der Waals surface area contributed by atoms with E-state index in [1.54, 1.807) is 0 Å². The normalized spacial score (nSPS) is 16.8. The summed E-state index contributed by atoms with van der Waals surface area (Å²) in [7, 11) is 0. The molecule has 1 fully saturated rings. The summed E-state index contributed by atoms with van der Waals surface area (Å²) in [5.74, 6) is 0.855. The predicted molar refractivity (Wildman–Crippen MR) is 60.7 cm³/mol. The average Bonchev–Trinajstić information content (AvgIpc) is 2.60. The zero-order valence-corrected chi connectivity index (χ0v) is 8.69. The van der Waals surface area contributed by atoms with Crippen molar-refractivity contribution in [3.63, 3.8) is 0 Å². The van der Waals surface area contributed by atoms with Crippen LogP contribution in [0.25, 0.3) is 10.9 Å². The van der Waals surface area contributed by atoms with Crippen LogP contribution in [0.4, 0.5) is 0 Å². The molecule has 0 amide bonds. The van der Waals surface area contributed by atoms with Gasteiger partial charge in [-0.15, -0.1) is 0 Å². The van der Waals surface area contributed by atoms with Crippen molar-refractivity contribution < 1.29 is 0 Å². The first-order chi connectivity index (χ1) is 7.43. The summed E-state index contributed by atoms with van der Waals surface area (Å²) < 4.78 is 2.12. The molecule has 0 unspecified atom stereocenters. The quantitative estimate of drug-likeness (QED) is 0.818. The molecule has 15 heavy (non-hydrogen) atoms. The van der Waals surface area contributed by atoms with Gasteiger partial charge in [-0.2, -0.15) is 5.10 Å². The van der Waals surface area contributed by atoms with Gasteiger partial charge in [-0.1, -0.05) is 18.2 Å². The second kappa shape index (κ2) is 3.66. The molecule has 1 aliphatic rings. The summed E-state index contributed by atoms with van der Waals surface area (Å²) in [6, 6.07) is 8.39. The second-order valence-electron chi connectivity index (χ2n) is 4.24. The van der Waals surface area contributed by atoms with E-state index in [1.807, 2.05) is 6.20 Å². The molecule has 3 nitrogen and oxygen atoms in total. The highest BCUT2D eigenvalue weighted by Gasteiger charge is 2.16. The first-order valence-corrected chi connectivity index (χ1v) is 5.55. The fourth-order valence-electron chi connectivity index (χ4n) is 2.06. The van der Waals surface area contributed by atoms with Crippen LogP contribution in [-0.4, -0.2) is 22.9 Å². The van der Waals surface area contributed by atoms with Crippen molar-refractivity contribution in [2.75, 3.05) is 13.1 Å². The van der Waals surface area contributed by atoms with E-state index in [4.69, 9.17) is 0 Å². The molecule has 0 aliphatic carbocycles. The van der Waals surface area contributed by atoms with Crippen molar-refractivity contribution in [3.8, 4) is 0 Å². The fraction of sp³-hybridized carbons (Fsp3) is 0.417. The predicted octanol–water partition coefficient (Wildman–Crippen LogP) is 1.65. The number of para-hydroxylation sites is 1. The largest absolute Gasteiger partial charge is 0.316 e. The minimum atomic E-state index is 0.855. The maximum absolute atomic E-state index is 4.42. The summed E-state index contributed by atoms with van der Waals surface area (Å²) >= 11 is 0. The van der Waals surface area contributed by atoms with Crippen molar-refractivity contribution >= 4 is 10.9 Å². The van der Waals surface area contributed by atoms with Gasteiger partial charge in [-0.3, -0.25) is 4.68 Å². The number of hydrogen-bond donors (Lipinski definition) is 1. The van der Waals surface area contributed by atoms with Crippen molar-refractivity contribution in [2.24, 2.45) is 5.92 Å². The molecule has 1 aliphatic heterocycles. The Morgan fingerprint density at radius 3 is 3.00 bits per heavy atom. The summed E-state index contributed by atoms with van der Waals surface area (Å²) in [6.07, 6.45) is 3.19. The third kappa shape index (κ3) is 1.63.